The summed E-state index contributed by atoms with van der Waals surface area (Å²) in [7, 11) is 2.17. The zero-order chi connectivity index (χ0) is 10.1. The summed E-state index contributed by atoms with van der Waals surface area (Å²) >= 11 is 0. The summed E-state index contributed by atoms with van der Waals surface area (Å²) in [6, 6.07) is 0.937. The van der Waals surface area contributed by atoms with Gasteiger partial charge in [0.05, 0.1) is 6.10 Å². The highest BCUT2D eigenvalue weighted by molar-refractivity contribution is 4.91. The number of rotatable bonds is 2. The zero-order valence-electron chi connectivity index (χ0n) is 9.24. The lowest BCUT2D eigenvalue weighted by Gasteiger charge is -2.24. The van der Waals surface area contributed by atoms with E-state index in [1.807, 2.05) is 0 Å². The van der Waals surface area contributed by atoms with Crippen molar-refractivity contribution in [1.82, 2.24) is 10.2 Å². The van der Waals surface area contributed by atoms with E-state index in [-0.39, 0.29) is 6.10 Å². The fraction of sp³-hybridized carbons (Fsp3) is 1.00. The molecule has 2 aliphatic rings. The van der Waals surface area contributed by atoms with Gasteiger partial charge in [0.2, 0.25) is 0 Å². The minimum absolute atomic E-state index is 0.104. The molecule has 0 amide bonds. The van der Waals surface area contributed by atoms with Crippen LogP contribution in [0.5, 0.6) is 0 Å². The SMILES string of the molecule is CC1CN(C)CC1NC1CCCC1O. The molecule has 2 N–H and O–H groups in total. The lowest BCUT2D eigenvalue weighted by molar-refractivity contribution is 0.140. The first-order valence-corrected chi connectivity index (χ1v) is 5.79. The van der Waals surface area contributed by atoms with E-state index in [1.165, 1.54) is 13.0 Å². The Bertz CT molecular complexity index is 198. The standard InChI is InChI=1S/C11H22N2O/c1-8-6-13(2)7-10(8)12-9-4-3-5-11(9)14/h8-12,14H,3-7H2,1-2H3. The number of nitrogens with zero attached hydrogens (tertiary/aromatic N) is 1. The summed E-state index contributed by atoms with van der Waals surface area (Å²) in [5, 5.41) is 13.3. The van der Waals surface area contributed by atoms with Crippen LogP contribution in [0, 0.1) is 5.92 Å². The molecule has 1 aliphatic carbocycles. The van der Waals surface area contributed by atoms with Crippen LogP contribution in [0.1, 0.15) is 26.2 Å². The molecule has 1 heterocycles. The molecule has 0 bridgehead atoms. The maximum Gasteiger partial charge on any atom is 0.0693 e. The summed E-state index contributed by atoms with van der Waals surface area (Å²) in [5.41, 5.74) is 0. The molecule has 1 aliphatic heterocycles. The minimum Gasteiger partial charge on any atom is -0.392 e. The first-order valence-electron chi connectivity index (χ1n) is 5.79. The highest BCUT2D eigenvalue weighted by Crippen LogP contribution is 2.22. The Morgan fingerprint density at radius 1 is 1.21 bits per heavy atom. The molecule has 1 saturated heterocycles. The average molecular weight is 198 g/mol. The second kappa shape index (κ2) is 4.17. The van der Waals surface area contributed by atoms with E-state index in [0.717, 1.165) is 19.4 Å². The Labute approximate surface area is 86.5 Å². The molecule has 0 aromatic rings. The maximum atomic E-state index is 9.73. The monoisotopic (exact) mass is 198 g/mol. The highest BCUT2D eigenvalue weighted by atomic mass is 16.3. The van der Waals surface area contributed by atoms with Crippen LogP contribution < -0.4 is 5.32 Å². The Kier molecular flexibility index (Phi) is 3.10. The van der Waals surface area contributed by atoms with Crippen LogP contribution in [-0.4, -0.2) is 48.3 Å². The van der Waals surface area contributed by atoms with Crippen LogP contribution in [0.15, 0.2) is 0 Å². The van der Waals surface area contributed by atoms with Crippen LogP contribution in [0.4, 0.5) is 0 Å². The molecule has 0 spiro atoms. The first-order chi connectivity index (χ1) is 6.66. The molecule has 2 fully saturated rings. The van der Waals surface area contributed by atoms with Gasteiger partial charge < -0.3 is 15.3 Å². The molecule has 4 unspecified atom stereocenters. The van der Waals surface area contributed by atoms with Crippen LogP contribution in [-0.2, 0) is 0 Å². The fourth-order valence-electron chi connectivity index (χ4n) is 2.84. The maximum absolute atomic E-state index is 9.73. The molecule has 14 heavy (non-hydrogen) atoms. The van der Waals surface area contributed by atoms with Crippen LogP contribution in [0.3, 0.4) is 0 Å². The van der Waals surface area contributed by atoms with Crippen molar-refractivity contribution in [3.8, 4) is 0 Å². The van der Waals surface area contributed by atoms with E-state index in [4.69, 9.17) is 0 Å². The Hall–Kier alpha value is -0.120. The lowest BCUT2D eigenvalue weighted by atomic mass is 10.0. The molecule has 0 radical (unpaired) electrons. The van der Waals surface area contributed by atoms with E-state index in [9.17, 15) is 5.11 Å². The Balaban J connectivity index is 1.85. The average Bonchev–Trinajstić information content (AvgIpc) is 2.62. The summed E-state index contributed by atoms with van der Waals surface area (Å²) in [6.45, 7) is 4.60. The van der Waals surface area contributed by atoms with Crippen molar-refractivity contribution in [3.05, 3.63) is 0 Å². The molecule has 0 aromatic carbocycles. The summed E-state index contributed by atoms with van der Waals surface area (Å²) in [5.74, 6) is 0.716. The van der Waals surface area contributed by atoms with Crippen molar-refractivity contribution in [1.29, 1.82) is 0 Å². The van der Waals surface area contributed by atoms with Gasteiger partial charge in [-0.1, -0.05) is 6.92 Å². The van der Waals surface area contributed by atoms with Gasteiger partial charge in [-0.3, -0.25) is 0 Å². The number of hydrogen-bond acceptors (Lipinski definition) is 3. The van der Waals surface area contributed by atoms with E-state index < -0.39 is 0 Å². The fourth-order valence-corrected chi connectivity index (χ4v) is 2.84. The molecule has 1 saturated carbocycles. The number of nitrogens with one attached hydrogen (secondary N) is 1. The van der Waals surface area contributed by atoms with Crippen molar-refractivity contribution in [2.45, 2.75) is 44.4 Å². The van der Waals surface area contributed by atoms with Gasteiger partial charge in [0.1, 0.15) is 0 Å². The number of aliphatic hydroxyl groups excluding tert-OH is 1. The molecule has 2 rings (SSSR count). The van der Waals surface area contributed by atoms with Gasteiger partial charge in [-0.15, -0.1) is 0 Å². The van der Waals surface area contributed by atoms with Crippen LogP contribution in [0.2, 0.25) is 0 Å². The molecular formula is C11H22N2O. The Morgan fingerprint density at radius 2 is 2.00 bits per heavy atom. The smallest absolute Gasteiger partial charge is 0.0693 e. The van der Waals surface area contributed by atoms with Crippen molar-refractivity contribution in [2.24, 2.45) is 5.92 Å². The van der Waals surface area contributed by atoms with E-state index in [1.54, 1.807) is 0 Å². The predicted octanol–water partition coefficient (Wildman–Crippen LogP) is 0.439. The first kappa shape index (κ1) is 10.4. The van der Waals surface area contributed by atoms with E-state index in [2.05, 4.69) is 24.2 Å². The van der Waals surface area contributed by atoms with Gasteiger partial charge in [-0.25, -0.2) is 0 Å². The third-order valence-corrected chi connectivity index (χ3v) is 3.70. The predicted molar refractivity (Wildman–Crippen MR) is 57.2 cm³/mol. The molecule has 4 atom stereocenters. The van der Waals surface area contributed by atoms with E-state index >= 15 is 0 Å². The number of hydrogen-bond donors (Lipinski definition) is 2. The van der Waals surface area contributed by atoms with Crippen LogP contribution in [0.25, 0.3) is 0 Å². The second-order valence-corrected chi connectivity index (χ2v) is 5.08. The zero-order valence-corrected chi connectivity index (χ0v) is 9.24. The van der Waals surface area contributed by atoms with Gasteiger partial charge in [0.25, 0.3) is 0 Å². The van der Waals surface area contributed by atoms with Crippen LogP contribution >= 0.6 is 0 Å². The van der Waals surface area contributed by atoms with Gasteiger partial charge >= 0.3 is 0 Å². The van der Waals surface area contributed by atoms with Crippen molar-refractivity contribution >= 4 is 0 Å². The molecule has 0 aromatic heterocycles. The van der Waals surface area contributed by atoms with Crippen molar-refractivity contribution < 1.29 is 5.11 Å². The number of likely N-dealkylation sites (tertiary alicyclic amines) is 1. The summed E-state index contributed by atoms with van der Waals surface area (Å²) in [4.78, 5) is 2.36. The van der Waals surface area contributed by atoms with E-state index in [0.29, 0.717) is 18.0 Å². The normalized spacial score (nSPS) is 44.8. The quantitative estimate of drug-likeness (QED) is 0.676. The highest BCUT2D eigenvalue weighted by Gasteiger charge is 2.32. The van der Waals surface area contributed by atoms with Gasteiger partial charge in [-0.05, 0) is 32.2 Å². The third-order valence-electron chi connectivity index (χ3n) is 3.70. The molecule has 3 nitrogen and oxygen atoms in total. The van der Waals surface area contributed by atoms with Gasteiger partial charge in [0.15, 0.2) is 0 Å². The number of aliphatic hydroxyl groups is 1. The summed E-state index contributed by atoms with van der Waals surface area (Å²) < 4.78 is 0. The van der Waals surface area contributed by atoms with Crippen molar-refractivity contribution in [2.75, 3.05) is 20.1 Å². The molecule has 3 heteroatoms. The molecular weight excluding hydrogens is 176 g/mol. The Morgan fingerprint density at radius 3 is 2.50 bits per heavy atom. The third kappa shape index (κ3) is 2.10. The lowest BCUT2D eigenvalue weighted by Crippen LogP contribution is -2.45. The van der Waals surface area contributed by atoms with Gasteiger partial charge in [0, 0.05) is 25.2 Å². The minimum atomic E-state index is -0.104. The second-order valence-electron chi connectivity index (χ2n) is 5.08. The number of likely N-dealkylation sites (N-methyl/N-ethyl adjacent to an activating group) is 1. The largest absolute Gasteiger partial charge is 0.392 e. The van der Waals surface area contributed by atoms with Gasteiger partial charge in [-0.2, -0.15) is 0 Å². The topological polar surface area (TPSA) is 35.5 Å². The summed E-state index contributed by atoms with van der Waals surface area (Å²) in [6.07, 6.45) is 3.20. The van der Waals surface area contributed by atoms with Crippen molar-refractivity contribution in [3.63, 3.8) is 0 Å². The molecule has 82 valence electrons.